The van der Waals surface area contributed by atoms with Crippen molar-refractivity contribution in [3.8, 4) is 0 Å². The van der Waals surface area contributed by atoms with E-state index in [1.54, 1.807) is 11.3 Å². The summed E-state index contributed by atoms with van der Waals surface area (Å²) >= 11 is 3.29. The molecule has 6 rings (SSSR count). The van der Waals surface area contributed by atoms with E-state index in [2.05, 4.69) is 57.2 Å². The second-order valence-electron chi connectivity index (χ2n) is 9.17. The van der Waals surface area contributed by atoms with Crippen LogP contribution in [0.3, 0.4) is 0 Å². The number of likely N-dealkylation sites (tertiary alicyclic amines) is 1. The minimum atomic E-state index is 0.179. The maximum absolute atomic E-state index is 13.2. The van der Waals surface area contributed by atoms with Crippen LogP contribution in [0.1, 0.15) is 53.9 Å². The third-order valence-electron chi connectivity index (χ3n) is 6.63. The minimum Gasteiger partial charge on any atom is -0.341 e. The van der Waals surface area contributed by atoms with Gasteiger partial charge < -0.3 is 9.47 Å². The molecule has 34 heavy (non-hydrogen) atoms. The Kier molecular flexibility index (Phi) is 6.09. The number of hydrogen-bond acceptors (Lipinski definition) is 6. The Bertz CT molecular complexity index is 1260. The van der Waals surface area contributed by atoms with E-state index in [4.69, 9.17) is 4.98 Å². The minimum absolute atomic E-state index is 0.179. The molecule has 2 aromatic heterocycles. The Hall–Kier alpha value is -2.71. The van der Waals surface area contributed by atoms with Crippen LogP contribution >= 0.6 is 23.1 Å². The molecular formula is C26H27N5OS2. The summed E-state index contributed by atoms with van der Waals surface area (Å²) in [5.74, 6) is 2.47. The molecule has 174 valence electrons. The van der Waals surface area contributed by atoms with Crippen LogP contribution in [-0.2, 0) is 11.3 Å². The number of amides is 1. The van der Waals surface area contributed by atoms with Crippen LogP contribution in [0, 0.1) is 0 Å². The molecule has 1 amide bonds. The lowest BCUT2D eigenvalue weighted by Gasteiger charge is -2.31. The Morgan fingerprint density at radius 3 is 2.65 bits per heavy atom. The molecule has 8 heteroatoms. The average Bonchev–Trinajstić information content (AvgIpc) is 3.50. The zero-order valence-corrected chi connectivity index (χ0v) is 20.6. The number of carbonyl (C=O) groups excluding carboxylic acids is 1. The van der Waals surface area contributed by atoms with Crippen LogP contribution in [0.15, 0.2) is 59.8 Å². The van der Waals surface area contributed by atoms with Crippen molar-refractivity contribution in [2.75, 3.05) is 18.8 Å². The first-order valence-electron chi connectivity index (χ1n) is 12.0. The number of rotatable bonds is 7. The van der Waals surface area contributed by atoms with Crippen molar-refractivity contribution < 1.29 is 4.79 Å². The van der Waals surface area contributed by atoms with Gasteiger partial charge in [0.2, 0.25) is 5.91 Å². The van der Waals surface area contributed by atoms with Crippen LogP contribution in [0.2, 0.25) is 0 Å². The molecule has 3 heterocycles. The second kappa shape index (κ2) is 9.50. The number of nitrogens with zero attached hydrogens (tertiary/aromatic N) is 5. The topological polar surface area (TPSA) is 63.9 Å². The van der Waals surface area contributed by atoms with E-state index in [1.807, 2.05) is 17.0 Å². The van der Waals surface area contributed by atoms with E-state index in [9.17, 15) is 4.79 Å². The molecule has 1 aliphatic carbocycles. The normalized spacial score (nSPS) is 18.5. The highest BCUT2D eigenvalue weighted by Crippen LogP contribution is 2.40. The molecule has 0 bridgehead atoms. The van der Waals surface area contributed by atoms with Crippen molar-refractivity contribution >= 4 is 39.2 Å². The fourth-order valence-corrected chi connectivity index (χ4v) is 6.59. The summed E-state index contributed by atoms with van der Waals surface area (Å²) in [5.41, 5.74) is 2.29. The molecular weight excluding hydrogens is 462 g/mol. The van der Waals surface area contributed by atoms with Gasteiger partial charge in [0.1, 0.15) is 5.82 Å². The first-order valence-corrected chi connectivity index (χ1v) is 13.8. The molecule has 2 aromatic carbocycles. The van der Waals surface area contributed by atoms with Gasteiger partial charge in [-0.15, -0.1) is 21.5 Å². The smallest absolute Gasteiger partial charge is 0.233 e. The number of para-hydroxylation sites is 1. The molecule has 2 aliphatic rings. The number of hydrogen-bond donors (Lipinski definition) is 0. The van der Waals surface area contributed by atoms with Crippen molar-refractivity contribution in [1.29, 1.82) is 0 Å². The van der Waals surface area contributed by atoms with Crippen LogP contribution in [0.5, 0.6) is 0 Å². The summed E-state index contributed by atoms with van der Waals surface area (Å²) in [5, 5.41) is 11.0. The van der Waals surface area contributed by atoms with Crippen molar-refractivity contribution in [3.05, 3.63) is 71.0 Å². The number of benzene rings is 2. The van der Waals surface area contributed by atoms with Gasteiger partial charge in [-0.2, -0.15) is 0 Å². The number of thioether (sulfide) groups is 1. The van der Waals surface area contributed by atoms with Gasteiger partial charge in [0.05, 0.1) is 27.5 Å². The van der Waals surface area contributed by atoms with E-state index in [-0.39, 0.29) is 5.91 Å². The molecule has 1 saturated heterocycles. The van der Waals surface area contributed by atoms with Crippen LogP contribution < -0.4 is 0 Å². The maximum Gasteiger partial charge on any atom is 0.233 e. The molecule has 1 saturated carbocycles. The SMILES string of the molecule is O=C(CSc1nnc(C2CC2)n1Cc1ccccc1)N1CCC[C@H](c2nc3ccccc3s2)C1. The van der Waals surface area contributed by atoms with Crippen molar-refractivity contribution in [3.63, 3.8) is 0 Å². The second-order valence-corrected chi connectivity index (χ2v) is 11.2. The Morgan fingerprint density at radius 1 is 1.00 bits per heavy atom. The highest BCUT2D eigenvalue weighted by Gasteiger charge is 2.31. The summed E-state index contributed by atoms with van der Waals surface area (Å²) in [6, 6.07) is 18.7. The standard InChI is InChI=1S/C26H27N5OS2/c32-23(30-14-6-9-20(16-30)25-27-21-10-4-5-11-22(21)34-25)17-33-26-29-28-24(19-12-13-19)31(26)15-18-7-2-1-3-8-18/h1-5,7-8,10-11,19-20H,6,9,12-17H2/t20-/m0/s1. The predicted octanol–water partition coefficient (Wildman–Crippen LogP) is 5.31. The Labute approximate surface area is 207 Å². The van der Waals surface area contributed by atoms with E-state index < -0.39 is 0 Å². The molecule has 4 aromatic rings. The number of thiazole rings is 1. The molecule has 6 nitrogen and oxygen atoms in total. The third-order valence-corrected chi connectivity index (χ3v) is 8.78. The number of aromatic nitrogens is 4. The van der Waals surface area contributed by atoms with E-state index >= 15 is 0 Å². The van der Waals surface area contributed by atoms with Gasteiger partial charge in [-0.1, -0.05) is 54.2 Å². The number of piperidine rings is 1. The van der Waals surface area contributed by atoms with Crippen molar-refractivity contribution in [1.82, 2.24) is 24.6 Å². The predicted molar refractivity (Wildman–Crippen MR) is 136 cm³/mol. The molecule has 0 N–H and O–H groups in total. The molecule has 0 unspecified atom stereocenters. The maximum atomic E-state index is 13.2. The lowest BCUT2D eigenvalue weighted by atomic mass is 9.99. The van der Waals surface area contributed by atoms with Crippen LogP contribution in [0.4, 0.5) is 0 Å². The van der Waals surface area contributed by atoms with Crippen molar-refractivity contribution in [2.24, 2.45) is 0 Å². The number of fused-ring (bicyclic) bond motifs is 1. The van der Waals surface area contributed by atoms with Crippen molar-refractivity contribution in [2.45, 2.75) is 49.2 Å². The fraction of sp³-hybridized carbons (Fsp3) is 0.385. The zero-order valence-electron chi connectivity index (χ0n) is 19.0. The highest BCUT2D eigenvalue weighted by atomic mass is 32.2. The summed E-state index contributed by atoms with van der Waals surface area (Å²) in [6.07, 6.45) is 4.47. The molecule has 2 fully saturated rings. The number of carbonyl (C=O) groups is 1. The van der Waals surface area contributed by atoms with E-state index in [1.165, 1.54) is 34.9 Å². The van der Waals surface area contributed by atoms with Gasteiger partial charge in [-0.05, 0) is 43.4 Å². The van der Waals surface area contributed by atoms with Gasteiger partial charge in [0, 0.05) is 24.9 Å². The summed E-state index contributed by atoms with van der Waals surface area (Å²) in [7, 11) is 0. The lowest BCUT2D eigenvalue weighted by molar-refractivity contribution is -0.129. The third kappa shape index (κ3) is 4.61. The molecule has 0 radical (unpaired) electrons. The quantitative estimate of drug-likeness (QED) is 0.329. The zero-order chi connectivity index (χ0) is 22.9. The van der Waals surface area contributed by atoms with Crippen LogP contribution in [0.25, 0.3) is 10.2 Å². The molecule has 1 aliphatic heterocycles. The summed E-state index contributed by atoms with van der Waals surface area (Å²) in [4.78, 5) is 20.0. The summed E-state index contributed by atoms with van der Waals surface area (Å²) < 4.78 is 3.44. The molecule has 0 spiro atoms. The van der Waals surface area contributed by atoms with Gasteiger partial charge in [-0.25, -0.2) is 4.98 Å². The Balaban J connectivity index is 1.13. The lowest BCUT2D eigenvalue weighted by Crippen LogP contribution is -2.40. The summed E-state index contributed by atoms with van der Waals surface area (Å²) in [6.45, 7) is 2.33. The Morgan fingerprint density at radius 2 is 1.82 bits per heavy atom. The molecule has 1 atom stereocenters. The van der Waals surface area contributed by atoms with Gasteiger partial charge in [0.15, 0.2) is 5.16 Å². The largest absolute Gasteiger partial charge is 0.341 e. The van der Waals surface area contributed by atoms with Crippen LogP contribution in [-0.4, -0.2) is 49.4 Å². The van der Waals surface area contributed by atoms with E-state index in [0.29, 0.717) is 17.6 Å². The van der Waals surface area contributed by atoms with Gasteiger partial charge in [-0.3, -0.25) is 4.79 Å². The van der Waals surface area contributed by atoms with Gasteiger partial charge in [0.25, 0.3) is 0 Å². The highest BCUT2D eigenvalue weighted by molar-refractivity contribution is 7.99. The fourth-order valence-electron chi connectivity index (χ4n) is 4.65. The van der Waals surface area contributed by atoms with E-state index in [0.717, 1.165) is 54.0 Å². The average molecular weight is 490 g/mol. The first kappa shape index (κ1) is 21.8. The monoisotopic (exact) mass is 489 g/mol. The van der Waals surface area contributed by atoms with Gasteiger partial charge >= 0.3 is 0 Å². The first-order chi connectivity index (χ1) is 16.7.